The Hall–Kier alpha value is -0.520. The van der Waals surface area contributed by atoms with Gasteiger partial charge in [-0.2, -0.15) is 0 Å². The lowest BCUT2D eigenvalue weighted by Crippen LogP contribution is -2.36. The van der Waals surface area contributed by atoms with Gasteiger partial charge >= 0.3 is 0 Å². The number of halogens is 2. The molecule has 2 N–H and O–H groups in total. The monoisotopic (exact) mass is 332 g/mol. The zero-order valence-corrected chi connectivity index (χ0v) is 13.8. The molecule has 0 bridgehead atoms. The molecule has 0 radical (unpaired) electrons. The molecule has 1 aromatic rings. The van der Waals surface area contributed by atoms with E-state index in [1.807, 2.05) is 6.07 Å². The van der Waals surface area contributed by atoms with E-state index in [1.165, 1.54) is 12.8 Å². The predicted molar refractivity (Wildman–Crippen MR) is 86.4 cm³/mol. The van der Waals surface area contributed by atoms with Crippen molar-refractivity contribution in [1.29, 1.82) is 0 Å². The first-order valence-electron chi connectivity index (χ1n) is 7.23. The van der Waals surface area contributed by atoms with E-state index in [0.717, 1.165) is 25.2 Å². The lowest BCUT2D eigenvalue weighted by molar-refractivity contribution is 0.123. The number of hydrogen-bond donors (Lipinski definition) is 2. The Morgan fingerprint density at radius 1 is 1.33 bits per heavy atom. The Morgan fingerprint density at radius 3 is 2.71 bits per heavy atom. The van der Waals surface area contributed by atoms with Crippen LogP contribution < -0.4 is 10.1 Å². The molecule has 1 unspecified atom stereocenters. The Kier molecular flexibility index (Phi) is 6.58. The number of nitrogens with zero attached hydrogens (tertiary/aromatic N) is 1. The Bertz CT molecular complexity index is 465. The molecule has 1 aliphatic rings. The van der Waals surface area contributed by atoms with Gasteiger partial charge in [-0.3, -0.25) is 0 Å². The first-order valence-corrected chi connectivity index (χ1v) is 7.99. The lowest BCUT2D eigenvalue weighted by Gasteiger charge is -2.20. The fourth-order valence-electron chi connectivity index (χ4n) is 2.67. The van der Waals surface area contributed by atoms with Gasteiger partial charge in [-0.1, -0.05) is 23.2 Å². The predicted octanol–water partition coefficient (Wildman–Crippen LogP) is 2.55. The van der Waals surface area contributed by atoms with Gasteiger partial charge < -0.3 is 20.1 Å². The van der Waals surface area contributed by atoms with Crippen molar-refractivity contribution in [3.8, 4) is 5.75 Å². The second-order valence-electron chi connectivity index (χ2n) is 5.37. The van der Waals surface area contributed by atoms with Crippen LogP contribution in [0.4, 0.5) is 0 Å². The topological polar surface area (TPSA) is 44.7 Å². The SMILES string of the molecule is COc1c(Cl)cc(Cl)cc1CNCC(O)CN1CCCC1. The van der Waals surface area contributed by atoms with Gasteiger partial charge in [0.1, 0.15) is 5.75 Å². The molecule has 0 amide bonds. The molecular formula is C15H22Cl2N2O2. The Morgan fingerprint density at radius 2 is 2.05 bits per heavy atom. The Balaban J connectivity index is 1.82. The van der Waals surface area contributed by atoms with Crippen LogP contribution in [0.25, 0.3) is 0 Å². The van der Waals surface area contributed by atoms with Crippen LogP contribution in [0, 0.1) is 0 Å². The zero-order chi connectivity index (χ0) is 15.2. The van der Waals surface area contributed by atoms with Crippen LogP contribution >= 0.6 is 23.2 Å². The molecular weight excluding hydrogens is 311 g/mol. The number of rotatable bonds is 7. The second-order valence-corrected chi connectivity index (χ2v) is 6.22. The summed E-state index contributed by atoms with van der Waals surface area (Å²) in [6.07, 6.45) is 2.10. The first kappa shape index (κ1) is 16.8. The van der Waals surface area contributed by atoms with Crippen LogP contribution in [0.1, 0.15) is 18.4 Å². The molecule has 2 rings (SSSR count). The fourth-order valence-corrected chi connectivity index (χ4v) is 3.29. The van der Waals surface area contributed by atoms with E-state index >= 15 is 0 Å². The summed E-state index contributed by atoms with van der Waals surface area (Å²) in [4.78, 5) is 2.29. The van der Waals surface area contributed by atoms with E-state index < -0.39 is 0 Å². The summed E-state index contributed by atoms with van der Waals surface area (Å²) in [7, 11) is 1.58. The van der Waals surface area contributed by atoms with Crippen LogP contribution in [-0.4, -0.2) is 49.4 Å². The van der Waals surface area contributed by atoms with Crippen LogP contribution in [0.5, 0.6) is 5.75 Å². The number of aliphatic hydroxyl groups is 1. The van der Waals surface area contributed by atoms with Crippen molar-refractivity contribution >= 4 is 23.2 Å². The van der Waals surface area contributed by atoms with Gasteiger partial charge in [-0.15, -0.1) is 0 Å². The number of benzene rings is 1. The largest absolute Gasteiger partial charge is 0.495 e. The molecule has 0 spiro atoms. The smallest absolute Gasteiger partial charge is 0.142 e. The molecule has 4 nitrogen and oxygen atoms in total. The number of methoxy groups -OCH3 is 1. The van der Waals surface area contributed by atoms with Crippen LogP contribution in [0.15, 0.2) is 12.1 Å². The van der Waals surface area contributed by atoms with Crippen molar-refractivity contribution in [3.05, 3.63) is 27.7 Å². The number of likely N-dealkylation sites (tertiary alicyclic amines) is 1. The molecule has 1 aromatic carbocycles. The highest BCUT2D eigenvalue weighted by Gasteiger charge is 2.16. The summed E-state index contributed by atoms with van der Waals surface area (Å²) in [6.45, 7) is 3.99. The van der Waals surface area contributed by atoms with E-state index in [2.05, 4.69) is 10.2 Å². The zero-order valence-electron chi connectivity index (χ0n) is 12.2. The highest BCUT2D eigenvalue weighted by molar-refractivity contribution is 6.35. The van der Waals surface area contributed by atoms with Gasteiger partial charge in [0, 0.05) is 30.2 Å². The second kappa shape index (κ2) is 8.20. The van der Waals surface area contributed by atoms with Crippen LogP contribution in [-0.2, 0) is 6.54 Å². The molecule has 0 aliphatic carbocycles. The van der Waals surface area contributed by atoms with Crippen molar-refractivity contribution in [2.45, 2.75) is 25.5 Å². The highest BCUT2D eigenvalue weighted by atomic mass is 35.5. The van der Waals surface area contributed by atoms with E-state index in [4.69, 9.17) is 27.9 Å². The average Bonchev–Trinajstić information content (AvgIpc) is 2.91. The lowest BCUT2D eigenvalue weighted by atomic mass is 10.2. The third kappa shape index (κ3) is 5.01. The normalized spacial score (nSPS) is 17.1. The fraction of sp³-hybridized carbons (Fsp3) is 0.600. The molecule has 1 atom stereocenters. The molecule has 0 saturated carbocycles. The molecule has 0 aromatic heterocycles. The van der Waals surface area contributed by atoms with E-state index in [-0.39, 0.29) is 6.10 Å². The maximum atomic E-state index is 10.0. The highest BCUT2D eigenvalue weighted by Crippen LogP contribution is 2.32. The third-order valence-corrected chi connectivity index (χ3v) is 4.15. The summed E-state index contributed by atoms with van der Waals surface area (Å²) >= 11 is 12.1. The third-order valence-electron chi connectivity index (χ3n) is 3.65. The number of β-amino-alcohol motifs (C(OH)–C–C–N with tert-alkyl or cyclic N) is 1. The first-order chi connectivity index (χ1) is 10.1. The van der Waals surface area contributed by atoms with E-state index in [9.17, 15) is 5.11 Å². The summed E-state index contributed by atoms with van der Waals surface area (Å²) in [6, 6.07) is 3.49. The van der Waals surface area contributed by atoms with E-state index in [0.29, 0.717) is 28.9 Å². The number of nitrogens with one attached hydrogen (secondary N) is 1. The van der Waals surface area contributed by atoms with Crippen LogP contribution in [0.3, 0.4) is 0 Å². The molecule has 1 fully saturated rings. The van der Waals surface area contributed by atoms with Crippen molar-refractivity contribution in [1.82, 2.24) is 10.2 Å². The van der Waals surface area contributed by atoms with Gasteiger partial charge in [0.2, 0.25) is 0 Å². The molecule has 6 heteroatoms. The van der Waals surface area contributed by atoms with E-state index in [1.54, 1.807) is 13.2 Å². The van der Waals surface area contributed by atoms with Crippen molar-refractivity contribution < 1.29 is 9.84 Å². The minimum atomic E-state index is -0.372. The minimum absolute atomic E-state index is 0.372. The van der Waals surface area contributed by atoms with Gasteiger partial charge in [0.05, 0.1) is 18.2 Å². The summed E-state index contributed by atoms with van der Waals surface area (Å²) < 4.78 is 5.29. The average molecular weight is 333 g/mol. The Labute approximate surface area is 136 Å². The number of aliphatic hydroxyl groups excluding tert-OH is 1. The van der Waals surface area contributed by atoms with Crippen molar-refractivity contribution in [2.24, 2.45) is 0 Å². The van der Waals surface area contributed by atoms with Crippen molar-refractivity contribution in [3.63, 3.8) is 0 Å². The molecule has 21 heavy (non-hydrogen) atoms. The number of hydrogen-bond acceptors (Lipinski definition) is 4. The molecule has 1 aliphatic heterocycles. The summed E-state index contributed by atoms with van der Waals surface area (Å²) in [5.41, 5.74) is 0.892. The molecule has 118 valence electrons. The number of ether oxygens (including phenoxy) is 1. The van der Waals surface area contributed by atoms with Gasteiger partial charge in [-0.25, -0.2) is 0 Å². The summed E-state index contributed by atoms with van der Waals surface area (Å²) in [5, 5.41) is 14.3. The maximum absolute atomic E-state index is 10.0. The van der Waals surface area contributed by atoms with Crippen LogP contribution in [0.2, 0.25) is 10.0 Å². The summed E-state index contributed by atoms with van der Waals surface area (Å²) in [5.74, 6) is 0.627. The minimum Gasteiger partial charge on any atom is -0.495 e. The van der Waals surface area contributed by atoms with Gasteiger partial charge in [0.15, 0.2) is 0 Å². The molecule has 1 heterocycles. The van der Waals surface area contributed by atoms with Gasteiger partial charge in [0.25, 0.3) is 0 Å². The van der Waals surface area contributed by atoms with Crippen molar-refractivity contribution in [2.75, 3.05) is 33.3 Å². The standard InChI is InChI=1S/C15H22Cl2N2O2/c1-21-15-11(6-12(16)7-14(15)17)8-18-9-13(20)10-19-4-2-3-5-19/h6-7,13,18,20H,2-5,8-10H2,1H3. The molecule has 1 saturated heterocycles. The quantitative estimate of drug-likeness (QED) is 0.805. The maximum Gasteiger partial charge on any atom is 0.142 e. The van der Waals surface area contributed by atoms with Gasteiger partial charge in [-0.05, 0) is 38.1 Å².